The predicted octanol–water partition coefficient (Wildman–Crippen LogP) is 2.52. The van der Waals surface area contributed by atoms with Crippen molar-refractivity contribution in [3.63, 3.8) is 0 Å². The van der Waals surface area contributed by atoms with Gasteiger partial charge < -0.3 is 9.88 Å². The molecule has 4 aromatic rings. The van der Waals surface area contributed by atoms with Crippen LogP contribution in [0.4, 0.5) is 10.2 Å². The molecule has 3 aromatic heterocycles. The molecule has 27 heavy (non-hydrogen) atoms. The number of hydrogen-bond acceptors (Lipinski definition) is 4. The highest BCUT2D eigenvalue weighted by Gasteiger charge is 2.13. The van der Waals surface area contributed by atoms with Gasteiger partial charge >= 0.3 is 0 Å². The zero-order valence-corrected chi connectivity index (χ0v) is 14.5. The van der Waals surface area contributed by atoms with Gasteiger partial charge in [0.05, 0.1) is 17.2 Å². The van der Waals surface area contributed by atoms with Crippen molar-refractivity contribution in [2.75, 3.05) is 5.32 Å². The van der Waals surface area contributed by atoms with Crippen molar-refractivity contribution in [3.05, 3.63) is 70.5 Å². The Hall–Kier alpha value is -3.55. The summed E-state index contributed by atoms with van der Waals surface area (Å²) in [6.07, 6.45) is 3.17. The van der Waals surface area contributed by atoms with Crippen molar-refractivity contribution in [1.82, 2.24) is 19.2 Å². The first-order valence-corrected chi connectivity index (χ1v) is 8.41. The second-order valence-electron chi connectivity index (χ2n) is 6.23. The molecule has 0 unspecified atom stereocenters. The SMILES string of the molecule is Cc1ccnc(NC(=O)CCn2c(=O)c3ccnn3c3ccc(F)cc32)c1. The number of carbonyl (C=O) groups excluding carboxylic acids is 1. The van der Waals surface area contributed by atoms with Crippen LogP contribution in [-0.2, 0) is 11.3 Å². The van der Waals surface area contributed by atoms with Crippen LogP contribution >= 0.6 is 0 Å². The van der Waals surface area contributed by atoms with E-state index in [0.29, 0.717) is 22.4 Å². The van der Waals surface area contributed by atoms with Gasteiger partial charge in [0.1, 0.15) is 17.2 Å². The number of aromatic nitrogens is 4. The first kappa shape index (κ1) is 16.9. The van der Waals surface area contributed by atoms with Gasteiger partial charge in [0.25, 0.3) is 5.56 Å². The minimum absolute atomic E-state index is 0.0471. The fourth-order valence-corrected chi connectivity index (χ4v) is 3.04. The minimum Gasteiger partial charge on any atom is -0.311 e. The van der Waals surface area contributed by atoms with E-state index >= 15 is 0 Å². The summed E-state index contributed by atoms with van der Waals surface area (Å²) in [4.78, 5) is 29.1. The average Bonchev–Trinajstić information content (AvgIpc) is 3.11. The fraction of sp³-hybridized carbons (Fsp3) is 0.158. The van der Waals surface area contributed by atoms with Crippen molar-refractivity contribution in [1.29, 1.82) is 0 Å². The van der Waals surface area contributed by atoms with Crippen LogP contribution in [0.25, 0.3) is 16.6 Å². The highest BCUT2D eigenvalue weighted by atomic mass is 19.1. The third-order valence-corrected chi connectivity index (χ3v) is 4.31. The van der Waals surface area contributed by atoms with E-state index < -0.39 is 5.82 Å². The van der Waals surface area contributed by atoms with Gasteiger partial charge in [-0.15, -0.1) is 0 Å². The van der Waals surface area contributed by atoms with Gasteiger partial charge in [0, 0.05) is 19.2 Å². The Balaban J connectivity index is 1.66. The maximum atomic E-state index is 13.8. The molecule has 7 nitrogen and oxygen atoms in total. The summed E-state index contributed by atoms with van der Waals surface area (Å²) in [5.41, 5.74) is 2.00. The molecular formula is C19H16FN5O2. The number of rotatable bonds is 4. The third kappa shape index (κ3) is 3.17. The smallest absolute Gasteiger partial charge is 0.277 e. The number of anilines is 1. The summed E-state index contributed by atoms with van der Waals surface area (Å²) in [6.45, 7) is 2.01. The van der Waals surface area contributed by atoms with E-state index in [9.17, 15) is 14.0 Å². The van der Waals surface area contributed by atoms with Crippen LogP contribution in [0.1, 0.15) is 12.0 Å². The molecule has 0 spiro atoms. The number of nitrogens with zero attached hydrogens (tertiary/aromatic N) is 4. The van der Waals surface area contributed by atoms with Crippen LogP contribution < -0.4 is 10.9 Å². The van der Waals surface area contributed by atoms with Crippen LogP contribution in [-0.4, -0.2) is 25.1 Å². The Bertz CT molecular complexity index is 1230. The van der Waals surface area contributed by atoms with Crippen LogP contribution in [0.15, 0.2) is 53.6 Å². The van der Waals surface area contributed by atoms with E-state index in [-0.39, 0.29) is 24.4 Å². The second-order valence-corrected chi connectivity index (χ2v) is 6.23. The van der Waals surface area contributed by atoms with Gasteiger partial charge in [0.15, 0.2) is 0 Å². The molecule has 136 valence electrons. The van der Waals surface area contributed by atoms with E-state index in [1.165, 1.54) is 27.4 Å². The molecule has 0 atom stereocenters. The minimum atomic E-state index is -0.462. The molecule has 0 radical (unpaired) electrons. The normalized spacial score (nSPS) is 11.2. The fourth-order valence-electron chi connectivity index (χ4n) is 3.04. The lowest BCUT2D eigenvalue weighted by molar-refractivity contribution is -0.116. The Morgan fingerprint density at radius 1 is 1.11 bits per heavy atom. The number of carbonyl (C=O) groups is 1. The molecule has 0 saturated heterocycles. The molecule has 0 aliphatic rings. The molecule has 3 heterocycles. The summed E-state index contributed by atoms with van der Waals surface area (Å²) < 4.78 is 16.6. The molecule has 1 N–H and O–H groups in total. The maximum Gasteiger partial charge on any atom is 0.277 e. The molecule has 0 aliphatic carbocycles. The quantitative estimate of drug-likeness (QED) is 0.603. The summed E-state index contributed by atoms with van der Waals surface area (Å²) >= 11 is 0. The monoisotopic (exact) mass is 365 g/mol. The summed E-state index contributed by atoms with van der Waals surface area (Å²) in [5.74, 6) is -0.289. The number of amides is 1. The Kier molecular flexibility index (Phi) is 4.15. The molecule has 8 heteroatoms. The molecule has 4 rings (SSSR count). The van der Waals surface area contributed by atoms with Crippen molar-refractivity contribution in [3.8, 4) is 0 Å². The van der Waals surface area contributed by atoms with Crippen molar-refractivity contribution < 1.29 is 9.18 Å². The van der Waals surface area contributed by atoms with Gasteiger partial charge in [-0.2, -0.15) is 5.10 Å². The molecule has 1 aromatic carbocycles. The van der Waals surface area contributed by atoms with Gasteiger partial charge in [-0.25, -0.2) is 13.9 Å². The highest BCUT2D eigenvalue weighted by molar-refractivity contribution is 5.90. The number of fused-ring (bicyclic) bond motifs is 3. The first-order valence-electron chi connectivity index (χ1n) is 8.41. The van der Waals surface area contributed by atoms with Crippen LogP contribution in [0.2, 0.25) is 0 Å². The maximum absolute atomic E-state index is 13.8. The molecule has 1 amide bonds. The number of aryl methyl sites for hydroxylation is 2. The topological polar surface area (TPSA) is 81.3 Å². The third-order valence-electron chi connectivity index (χ3n) is 4.31. The lowest BCUT2D eigenvalue weighted by Crippen LogP contribution is -2.25. The first-order chi connectivity index (χ1) is 13.0. The van der Waals surface area contributed by atoms with E-state index in [1.54, 1.807) is 24.4 Å². The molecule has 0 saturated carbocycles. The molecule has 0 aliphatic heterocycles. The van der Waals surface area contributed by atoms with Crippen LogP contribution in [0, 0.1) is 12.7 Å². The molecule has 0 bridgehead atoms. The van der Waals surface area contributed by atoms with E-state index in [0.717, 1.165) is 5.56 Å². The van der Waals surface area contributed by atoms with Crippen LogP contribution in [0.3, 0.4) is 0 Å². The van der Waals surface area contributed by atoms with Gasteiger partial charge in [-0.1, -0.05) is 0 Å². The van der Waals surface area contributed by atoms with E-state index in [2.05, 4.69) is 15.4 Å². The number of hydrogen-bond donors (Lipinski definition) is 1. The van der Waals surface area contributed by atoms with Gasteiger partial charge in [0.2, 0.25) is 5.91 Å². The standard InChI is InChI=1S/C19H16FN5O2/c1-12-4-7-21-17(10-12)23-18(26)6-9-24-16-11-13(20)2-3-14(16)25-15(19(24)27)5-8-22-25/h2-5,7-8,10-11H,6,9H2,1H3,(H,21,23,26). The zero-order valence-electron chi connectivity index (χ0n) is 14.5. The largest absolute Gasteiger partial charge is 0.311 e. The van der Waals surface area contributed by atoms with E-state index in [1.807, 2.05) is 13.0 Å². The molecule has 0 fully saturated rings. The van der Waals surface area contributed by atoms with Gasteiger partial charge in [-0.05, 0) is 48.9 Å². The zero-order chi connectivity index (χ0) is 19.0. The Labute approximate surface area is 153 Å². The highest BCUT2D eigenvalue weighted by Crippen LogP contribution is 2.16. The predicted molar refractivity (Wildman–Crippen MR) is 99.1 cm³/mol. The molecular weight excluding hydrogens is 349 g/mol. The number of nitrogens with one attached hydrogen (secondary N) is 1. The van der Waals surface area contributed by atoms with Crippen molar-refractivity contribution in [2.24, 2.45) is 0 Å². The summed E-state index contributed by atoms with van der Waals surface area (Å²) in [7, 11) is 0. The van der Waals surface area contributed by atoms with Crippen molar-refractivity contribution in [2.45, 2.75) is 19.9 Å². The van der Waals surface area contributed by atoms with E-state index in [4.69, 9.17) is 0 Å². The Morgan fingerprint density at radius 3 is 2.78 bits per heavy atom. The van der Waals surface area contributed by atoms with Crippen LogP contribution in [0.5, 0.6) is 0 Å². The lowest BCUT2D eigenvalue weighted by Gasteiger charge is -2.12. The Morgan fingerprint density at radius 2 is 1.96 bits per heavy atom. The van der Waals surface area contributed by atoms with Gasteiger partial charge in [-0.3, -0.25) is 9.59 Å². The number of pyridine rings is 1. The second kappa shape index (κ2) is 6.64. The number of benzene rings is 1. The number of halogens is 1. The lowest BCUT2D eigenvalue weighted by atomic mass is 10.2. The van der Waals surface area contributed by atoms with Crippen molar-refractivity contribution >= 4 is 28.3 Å². The summed E-state index contributed by atoms with van der Waals surface area (Å²) in [5, 5.41) is 6.84. The average molecular weight is 365 g/mol. The summed E-state index contributed by atoms with van der Waals surface area (Å²) in [6, 6.07) is 9.34.